The van der Waals surface area contributed by atoms with E-state index in [4.69, 9.17) is 14.4 Å². The summed E-state index contributed by atoms with van der Waals surface area (Å²) in [6.45, 7) is 0. The first-order valence-electron chi connectivity index (χ1n) is 14.1. The van der Waals surface area contributed by atoms with Crippen molar-refractivity contribution >= 4 is 54.5 Å². The monoisotopic (exact) mass is 537 g/mol. The van der Waals surface area contributed by atoms with Crippen molar-refractivity contribution in [2.24, 2.45) is 0 Å². The van der Waals surface area contributed by atoms with E-state index in [9.17, 15) is 0 Å². The molecule has 0 bridgehead atoms. The highest BCUT2D eigenvalue weighted by atomic mass is 16.3. The Labute approximate surface area is 241 Å². The van der Waals surface area contributed by atoms with E-state index in [-0.39, 0.29) is 0 Å². The number of rotatable bonds is 3. The molecule has 0 unspecified atom stereocenters. The maximum Gasteiger partial charge on any atom is 0.235 e. The topological polar surface area (TPSA) is 43.9 Å². The largest absolute Gasteiger partial charge is 0.455 e. The molecule has 0 saturated carbocycles. The van der Waals surface area contributed by atoms with Gasteiger partial charge < -0.3 is 4.42 Å². The molecular formula is C38H23N3O. The van der Waals surface area contributed by atoms with Crippen LogP contribution in [0.5, 0.6) is 0 Å². The zero-order valence-electron chi connectivity index (χ0n) is 22.5. The van der Waals surface area contributed by atoms with Crippen LogP contribution < -0.4 is 0 Å². The van der Waals surface area contributed by atoms with Crippen LogP contribution >= 0.6 is 0 Å². The van der Waals surface area contributed by atoms with Gasteiger partial charge in [0.2, 0.25) is 5.95 Å². The van der Waals surface area contributed by atoms with Gasteiger partial charge >= 0.3 is 0 Å². The van der Waals surface area contributed by atoms with Crippen LogP contribution in [0.4, 0.5) is 0 Å². The first-order chi connectivity index (χ1) is 20.8. The van der Waals surface area contributed by atoms with E-state index in [1.54, 1.807) is 0 Å². The van der Waals surface area contributed by atoms with E-state index in [1.165, 1.54) is 11.1 Å². The molecule has 4 heteroatoms. The van der Waals surface area contributed by atoms with Crippen LogP contribution in [-0.2, 0) is 0 Å². The normalized spacial score (nSPS) is 11.8. The Bertz CT molecular complexity index is 2450. The summed E-state index contributed by atoms with van der Waals surface area (Å²) in [7, 11) is 0. The van der Waals surface area contributed by atoms with Gasteiger partial charge in [0.15, 0.2) is 0 Å². The molecule has 0 radical (unpaired) electrons. The standard InChI is InChI=1S/C38H23N3O/c1-2-8-24(9-3-1)25-14-16-27(17-15-25)32-22-23-39-38(40-32)41-33-13-7-6-12-29(33)30-20-21-34-35(36(30)41)31-19-18-26-10-4-5-11-28(26)37(31)42-34/h1-23H. The Balaban J connectivity index is 1.30. The maximum absolute atomic E-state index is 6.55. The fourth-order valence-corrected chi connectivity index (χ4v) is 6.33. The lowest BCUT2D eigenvalue weighted by molar-refractivity contribution is 0.673. The third-order valence-corrected chi connectivity index (χ3v) is 8.29. The summed E-state index contributed by atoms with van der Waals surface area (Å²) in [5.74, 6) is 0.633. The number of benzene rings is 6. The summed E-state index contributed by atoms with van der Waals surface area (Å²) >= 11 is 0. The summed E-state index contributed by atoms with van der Waals surface area (Å²) in [6, 6.07) is 46.4. The summed E-state index contributed by atoms with van der Waals surface area (Å²) in [4.78, 5) is 9.95. The predicted molar refractivity (Wildman–Crippen MR) is 172 cm³/mol. The van der Waals surface area contributed by atoms with Crippen molar-refractivity contribution < 1.29 is 4.42 Å². The second kappa shape index (κ2) is 8.88. The average molecular weight is 538 g/mol. The van der Waals surface area contributed by atoms with Gasteiger partial charge in [-0.1, -0.05) is 103 Å². The van der Waals surface area contributed by atoms with Crippen molar-refractivity contribution in [3.8, 4) is 28.3 Å². The predicted octanol–water partition coefficient (Wildman–Crippen LogP) is 9.96. The third kappa shape index (κ3) is 3.36. The van der Waals surface area contributed by atoms with Gasteiger partial charge in [0.05, 0.1) is 22.1 Å². The second-order valence-electron chi connectivity index (χ2n) is 10.6. The van der Waals surface area contributed by atoms with E-state index in [0.29, 0.717) is 5.95 Å². The Morgan fingerprint density at radius 2 is 1.24 bits per heavy atom. The van der Waals surface area contributed by atoms with Crippen molar-refractivity contribution in [3.05, 3.63) is 140 Å². The van der Waals surface area contributed by atoms with E-state index >= 15 is 0 Å². The highest BCUT2D eigenvalue weighted by Gasteiger charge is 2.21. The molecule has 4 nitrogen and oxygen atoms in total. The highest BCUT2D eigenvalue weighted by Crippen LogP contribution is 2.42. The molecule has 42 heavy (non-hydrogen) atoms. The van der Waals surface area contributed by atoms with Gasteiger partial charge in [-0.15, -0.1) is 0 Å². The summed E-state index contributed by atoms with van der Waals surface area (Å²) in [6.07, 6.45) is 1.85. The van der Waals surface area contributed by atoms with Crippen molar-refractivity contribution in [3.63, 3.8) is 0 Å². The van der Waals surface area contributed by atoms with Gasteiger partial charge in [0.1, 0.15) is 11.2 Å². The fourth-order valence-electron chi connectivity index (χ4n) is 6.33. The van der Waals surface area contributed by atoms with E-state index in [2.05, 4.69) is 126 Å². The van der Waals surface area contributed by atoms with Crippen LogP contribution in [0.1, 0.15) is 0 Å². The highest BCUT2D eigenvalue weighted by molar-refractivity contribution is 6.26. The van der Waals surface area contributed by atoms with Crippen molar-refractivity contribution in [1.29, 1.82) is 0 Å². The van der Waals surface area contributed by atoms with Gasteiger partial charge in [0.25, 0.3) is 0 Å². The van der Waals surface area contributed by atoms with Crippen molar-refractivity contribution in [1.82, 2.24) is 14.5 Å². The molecule has 0 N–H and O–H groups in total. The minimum Gasteiger partial charge on any atom is -0.455 e. The average Bonchev–Trinajstić information content (AvgIpc) is 3.61. The van der Waals surface area contributed by atoms with Gasteiger partial charge in [0, 0.05) is 33.3 Å². The van der Waals surface area contributed by atoms with Crippen LogP contribution in [0.2, 0.25) is 0 Å². The molecule has 0 fully saturated rings. The number of fused-ring (bicyclic) bond motifs is 9. The second-order valence-corrected chi connectivity index (χ2v) is 10.6. The molecule has 3 aromatic heterocycles. The Morgan fingerprint density at radius 3 is 2.12 bits per heavy atom. The SMILES string of the molecule is c1ccc(-c2ccc(-c3ccnc(-n4c5ccccc5c5ccc6oc7c8ccccc8ccc7c6c54)n3)cc2)cc1. The van der Waals surface area contributed by atoms with Crippen LogP contribution in [0.3, 0.4) is 0 Å². The van der Waals surface area contributed by atoms with Crippen molar-refractivity contribution in [2.45, 2.75) is 0 Å². The minimum atomic E-state index is 0.633. The molecule has 0 aliphatic heterocycles. The molecule has 0 aliphatic rings. The molecule has 0 amide bonds. The number of para-hydroxylation sites is 1. The molecule has 9 aromatic rings. The number of aromatic nitrogens is 3. The fraction of sp³-hybridized carbons (Fsp3) is 0. The quantitative estimate of drug-likeness (QED) is 0.225. The Kier molecular flexibility index (Phi) is 4.87. The molecule has 9 rings (SSSR count). The Morgan fingerprint density at radius 1 is 0.524 bits per heavy atom. The number of furan rings is 1. The third-order valence-electron chi connectivity index (χ3n) is 8.29. The van der Waals surface area contributed by atoms with Crippen LogP contribution in [0.25, 0.3) is 82.8 Å². The van der Waals surface area contributed by atoms with E-state index < -0.39 is 0 Å². The van der Waals surface area contributed by atoms with Crippen molar-refractivity contribution in [2.75, 3.05) is 0 Å². The number of hydrogen-bond acceptors (Lipinski definition) is 3. The van der Waals surface area contributed by atoms with Crippen LogP contribution in [-0.4, -0.2) is 14.5 Å². The van der Waals surface area contributed by atoms with E-state index in [1.807, 2.05) is 18.3 Å². The van der Waals surface area contributed by atoms with E-state index in [0.717, 1.165) is 65.8 Å². The first-order valence-corrected chi connectivity index (χ1v) is 14.1. The minimum absolute atomic E-state index is 0.633. The number of hydrogen-bond donors (Lipinski definition) is 0. The smallest absolute Gasteiger partial charge is 0.235 e. The lowest BCUT2D eigenvalue weighted by Crippen LogP contribution is -2.02. The molecule has 6 aromatic carbocycles. The molecule has 196 valence electrons. The summed E-state index contributed by atoms with van der Waals surface area (Å²) < 4.78 is 8.74. The van der Waals surface area contributed by atoms with Gasteiger partial charge in [-0.25, -0.2) is 9.97 Å². The molecule has 0 aliphatic carbocycles. The summed E-state index contributed by atoms with van der Waals surface area (Å²) in [5, 5.41) is 6.74. The molecule has 0 atom stereocenters. The lowest BCUT2D eigenvalue weighted by Gasteiger charge is -2.09. The van der Waals surface area contributed by atoms with Crippen LogP contribution in [0, 0.1) is 0 Å². The molecule has 0 spiro atoms. The lowest BCUT2D eigenvalue weighted by atomic mass is 10.0. The van der Waals surface area contributed by atoms with Gasteiger partial charge in [-0.05, 0) is 46.8 Å². The molecular weight excluding hydrogens is 514 g/mol. The zero-order chi connectivity index (χ0) is 27.6. The van der Waals surface area contributed by atoms with Gasteiger partial charge in [-0.2, -0.15) is 0 Å². The van der Waals surface area contributed by atoms with Gasteiger partial charge in [-0.3, -0.25) is 4.57 Å². The first kappa shape index (κ1) is 23.0. The molecule has 0 saturated heterocycles. The maximum atomic E-state index is 6.55. The molecule has 3 heterocycles. The zero-order valence-corrected chi connectivity index (χ0v) is 22.5. The Hall–Kier alpha value is -5.74. The number of nitrogens with zero attached hydrogens (tertiary/aromatic N) is 3. The van der Waals surface area contributed by atoms with Crippen LogP contribution in [0.15, 0.2) is 144 Å². The summed E-state index contributed by atoms with van der Waals surface area (Å²) in [5.41, 5.74) is 8.17.